The van der Waals surface area contributed by atoms with Gasteiger partial charge >= 0.3 is 0 Å². The molecular formula is C17H18N6O2S. The molecule has 2 aliphatic heterocycles. The van der Waals surface area contributed by atoms with Gasteiger partial charge in [-0.25, -0.2) is 4.98 Å². The van der Waals surface area contributed by atoms with Gasteiger partial charge in [-0.15, -0.1) is 0 Å². The summed E-state index contributed by atoms with van der Waals surface area (Å²) in [7, 11) is 1.82. The second-order valence-corrected chi connectivity index (χ2v) is 7.47. The first-order valence-corrected chi connectivity index (χ1v) is 9.59. The summed E-state index contributed by atoms with van der Waals surface area (Å²) in [6.07, 6.45) is 0. The maximum atomic E-state index is 6.27. The lowest BCUT2D eigenvalue weighted by Crippen LogP contribution is -2.33. The van der Waals surface area contributed by atoms with E-state index >= 15 is 0 Å². The number of anilines is 2. The molecule has 5 rings (SSSR count). The first-order chi connectivity index (χ1) is 12.7. The Morgan fingerprint density at radius 1 is 1.12 bits per heavy atom. The number of nitrogens with zero attached hydrogens (tertiary/aromatic N) is 5. The molecule has 0 saturated carbocycles. The second kappa shape index (κ2) is 5.94. The van der Waals surface area contributed by atoms with Gasteiger partial charge in [0.15, 0.2) is 17.1 Å². The Balaban J connectivity index is 1.71. The van der Waals surface area contributed by atoms with Crippen molar-refractivity contribution in [3.63, 3.8) is 0 Å². The van der Waals surface area contributed by atoms with Crippen LogP contribution < -0.4 is 20.1 Å². The minimum atomic E-state index is 0.240. The zero-order valence-corrected chi connectivity index (χ0v) is 15.1. The fourth-order valence-corrected chi connectivity index (χ4v) is 4.16. The fraction of sp³-hybridized carbons (Fsp3) is 0.353. The van der Waals surface area contributed by atoms with Crippen LogP contribution >= 0.6 is 11.8 Å². The molecule has 2 N–H and O–H groups in total. The summed E-state index contributed by atoms with van der Waals surface area (Å²) in [4.78, 5) is 11.8. The Hall–Kier alpha value is -2.68. The molecule has 8 nitrogen and oxygen atoms in total. The van der Waals surface area contributed by atoms with E-state index in [9.17, 15) is 0 Å². The van der Waals surface area contributed by atoms with Gasteiger partial charge in [-0.1, -0.05) is 0 Å². The van der Waals surface area contributed by atoms with Crippen molar-refractivity contribution >= 4 is 34.6 Å². The standard InChI is InChI=1S/C17H18N6O2S/c1-22-15(18)13-14(10-2-3-11-12(8-10)25-9-24-11)19-17(20-16(13)21-22)23-4-6-26-7-5-23/h2-3,8H,4-7,9,18H2,1H3. The lowest BCUT2D eigenvalue weighted by atomic mass is 10.1. The van der Waals surface area contributed by atoms with Crippen molar-refractivity contribution in [3.05, 3.63) is 18.2 Å². The van der Waals surface area contributed by atoms with Crippen LogP contribution in [0.1, 0.15) is 0 Å². The van der Waals surface area contributed by atoms with Gasteiger partial charge in [0.2, 0.25) is 12.7 Å². The van der Waals surface area contributed by atoms with Gasteiger partial charge in [0, 0.05) is 37.2 Å². The number of rotatable bonds is 2. The first kappa shape index (κ1) is 15.6. The number of hydrogen-bond acceptors (Lipinski definition) is 8. The summed E-state index contributed by atoms with van der Waals surface area (Å²) in [5.74, 6) is 4.85. The largest absolute Gasteiger partial charge is 0.454 e. The molecule has 0 aliphatic carbocycles. The molecule has 0 unspecified atom stereocenters. The van der Waals surface area contributed by atoms with Gasteiger partial charge in [-0.3, -0.25) is 4.68 Å². The summed E-state index contributed by atoms with van der Waals surface area (Å²) in [6.45, 7) is 2.10. The van der Waals surface area contributed by atoms with Crippen LogP contribution in [0.15, 0.2) is 18.2 Å². The van der Waals surface area contributed by atoms with Crippen molar-refractivity contribution in [2.45, 2.75) is 0 Å². The van der Waals surface area contributed by atoms with E-state index in [1.165, 1.54) is 0 Å². The molecule has 26 heavy (non-hydrogen) atoms. The second-order valence-electron chi connectivity index (χ2n) is 6.25. The molecular weight excluding hydrogens is 352 g/mol. The number of aryl methyl sites for hydroxylation is 1. The predicted octanol–water partition coefficient (Wildman–Crippen LogP) is 1.89. The van der Waals surface area contributed by atoms with Crippen LogP contribution in [0.25, 0.3) is 22.3 Å². The molecule has 1 saturated heterocycles. The van der Waals surface area contributed by atoms with E-state index in [2.05, 4.69) is 15.0 Å². The van der Waals surface area contributed by atoms with Gasteiger partial charge in [-0.2, -0.15) is 21.8 Å². The third kappa shape index (κ3) is 2.42. The fourth-order valence-electron chi connectivity index (χ4n) is 3.26. The number of thioether (sulfide) groups is 1. The van der Waals surface area contributed by atoms with Crippen molar-refractivity contribution in [1.29, 1.82) is 0 Å². The molecule has 4 heterocycles. The zero-order chi connectivity index (χ0) is 17.7. The molecule has 3 aromatic rings. The Labute approximate surface area is 154 Å². The van der Waals surface area contributed by atoms with Gasteiger partial charge in [0.1, 0.15) is 5.82 Å². The van der Waals surface area contributed by atoms with Crippen LogP contribution in [0.2, 0.25) is 0 Å². The Bertz CT molecular complexity index is 999. The lowest BCUT2D eigenvalue weighted by molar-refractivity contribution is 0.174. The highest BCUT2D eigenvalue weighted by Gasteiger charge is 2.22. The number of ether oxygens (including phenoxy) is 2. The van der Waals surface area contributed by atoms with E-state index in [0.717, 1.165) is 47.0 Å². The number of hydrogen-bond donors (Lipinski definition) is 1. The summed E-state index contributed by atoms with van der Waals surface area (Å²) < 4.78 is 12.6. The van der Waals surface area contributed by atoms with E-state index in [-0.39, 0.29) is 6.79 Å². The monoisotopic (exact) mass is 370 g/mol. The van der Waals surface area contributed by atoms with E-state index in [4.69, 9.17) is 20.2 Å². The molecule has 0 bridgehead atoms. The number of aromatic nitrogens is 4. The van der Waals surface area contributed by atoms with Crippen molar-refractivity contribution in [1.82, 2.24) is 19.7 Å². The number of nitrogen functional groups attached to an aromatic ring is 1. The first-order valence-electron chi connectivity index (χ1n) is 8.43. The van der Waals surface area contributed by atoms with Crippen LogP contribution in [-0.4, -0.2) is 51.1 Å². The van der Waals surface area contributed by atoms with Crippen LogP contribution in [0.4, 0.5) is 11.8 Å². The van der Waals surface area contributed by atoms with E-state index < -0.39 is 0 Å². The van der Waals surface area contributed by atoms with E-state index in [1.807, 2.05) is 37.0 Å². The maximum Gasteiger partial charge on any atom is 0.231 e. The van der Waals surface area contributed by atoms with Gasteiger partial charge in [0.05, 0.1) is 11.1 Å². The number of fused-ring (bicyclic) bond motifs is 2. The number of benzene rings is 1. The molecule has 0 radical (unpaired) electrons. The topological polar surface area (TPSA) is 91.3 Å². The highest BCUT2D eigenvalue weighted by Crippen LogP contribution is 2.38. The van der Waals surface area contributed by atoms with Crippen molar-refractivity contribution in [2.24, 2.45) is 7.05 Å². The van der Waals surface area contributed by atoms with Crippen LogP contribution in [0.5, 0.6) is 11.5 Å². The molecule has 1 aromatic carbocycles. The summed E-state index contributed by atoms with van der Waals surface area (Å²) in [6, 6.07) is 5.80. The average Bonchev–Trinajstić information content (AvgIpc) is 3.25. The van der Waals surface area contributed by atoms with E-state index in [1.54, 1.807) is 4.68 Å². The smallest absolute Gasteiger partial charge is 0.231 e. The molecule has 2 aliphatic rings. The van der Waals surface area contributed by atoms with Crippen molar-refractivity contribution in [2.75, 3.05) is 42.0 Å². The normalized spacial score (nSPS) is 16.4. The molecule has 9 heteroatoms. The van der Waals surface area contributed by atoms with Crippen LogP contribution in [-0.2, 0) is 7.05 Å². The molecule has 2 aromatic heterocycles. The summed E-state index contributed by atoms with van der Waals surface area (Å²) in [5.41, 5.74) is 8.56. The van der Waals surface area contributed by atoms with Crippen molar-refractivity contribution < 1.29 is 9.47 Å². The van der Waals surface area contributed by atoms with Gasteiger partial charge < -0.3 is 20.1 Å². The number of nitrogens with two attached hydrogens (primary N) is 1. The SMILES string of the molecule is Cn1nc2nc(N3CCSCC3)nc(-c3ccc4c(c3)OCO4)c2c1N. The summed E-state index contributed by atoms with van der Waals surface area (Å²) in [5, 5.41) is 5.24. The highest BCUT2D eigenvalue weighted by molar-refractivity contribution is 7.99. The highest BCUT2D eigenvalue weighted by atomic mass is 32.2. The molecule has 0 amide bonds. The minimum absolute atomic E-state index is 0.240. The van der Waals surface area contributed by atoms with Gasteiger partial charge in [-0.05, 0) is 18.2 Å². The quantitative estimate of drug-likeness (QED) is 0.731. The zero-order valence-electron chi connectivity index (χ0n) is 14.3. The Morgan fingerprint density at radius 2 is 1.92 bits per heavy atom. The Kier molecular flexibility index (Phi) is 3.56. The molecule has 134 valence electrons. The van der Waals surface area contributed by atoms with Crippen LogP contribution in [0, 0.1) is 0 Å². The molecule has 1 fully saturated rings. The molecule has 0 atom stereocenters. The minimum Gasteiger partial charge on any atom is -0.454 e. The third-order valence-corrected chi connectivity index (χ3v) is 5.61. The molecule has 0 spiro atoms. The summed E-state index contributed by atoms with van der Waals surface area (Å²) >= 11 is 1.95. The average molecular weight is 370 g/mol. The third-order valence-electron chi connectivity index (χ3n) is 4.67. The van der Waals surface area contributed by atoms with Crippen LogP contribution in [0.3, 0.4) is 0 Å². The maximum absolute atomic E-state index is 6.27. The predicted molar refractivity (Wildman–Crippen MR) is 102 cm³/mol. The van der Waals surface area contributed by atoms with Crippen molar-refractivity contribution in [3.8, 4) is 22.8 Å². The van der Waals surface area contributed by atoms with E-state index in [0.29, 0.717) is 23.2 Å². The van der Waals surface area contributed by atoms with Gasteiger partial charge in [0.25, 0.3) is 0 Å². The lowest BCUT2D eigenvalue weighted by Gasteiger charge is -2.26. The Morgan fingerprint density at radius 3 is 2.77 bits per heavy atom.